The fraction of sp³-hybridized carbons (Fsp3) is 0.136. The summed E-state index contributed by atoms with van der Waals surface area (Å²) in [5.74, 6) is -0.0477. The number of rotatable bonds is 5. The number of Topliss-reactive ketones (excluding diaryl/α,β-unsaturated/α-hetero) is 1. The highest BCUT2D eigenvalue weighted by atomic mass is 16.1. The van der Waals surface area contributed by atoms with Crippen LogP contribution in [0.25, 0.3) is 11.1 Å². The van der Waals surface area contributed by atoms with E-state index in [0.29, 0.717) is 11.1 Å². The number of carbonyl (C=O) groups is 1. The van der Waals surface area contributed by atoms with E-state index in [1.165, 1.54) is 0 Å². The molecule has 2 rings (SSSR count). The Hall–Kier alpha value is -2.67. The van der Waals surface area contributed by atoms with E-state index in [0.717, 1.165) is 11.1 Å². The first-order valence-corrected chi connectivity index (χ1v) is 7.91. The molecule has 0 N–H and O–H groups in total. The van der Waals surface area contributed by atoms with Crippen LogP contribution in [0, 0.1) is 0 Å². The van der Waals surface area contributed by atoms with Crippen LogP contribution in [-0.4, -0.2) is 5.78 Å². The van der Waals surface area contributed by atoms with E-state index in [-0.39, 0.29) is 5.78 Å². The molecule has 0 aliphatic carbocycles. The zero-order valence-corrected chi connectivity index (χ0v) is 14.1. The molecule has 118 valence electrons. The maximum absolute atomic E-state index is 12.3. The van der Waals surface area contributed by atoms with Gasteiger partial charge in [0.05, 0.1) is 0 Å². The van der Waals surface area contributed by atoms with Crippen molar-refractivity contribution in [3.8, 4) is 11.1 Å². The van der Waals surface area contributed by atoms with Crippen molar-refractivity contribution in [2.45, 2.75) is 20.8 Å². The molecule has 0 heterocycles. The Kier molecular flexibility index (Phi) is 8.09. The van der Waals surface area contributed by atoms with Crippen LogP contribution in [0.15, 0.2) is 91.1 Å². The molecule has 0 radical (unpaired) electrons. The molecule has 0 unspecified atom stereocenters. The lowest BCUT2D eigenvalue weighted by Gasteiger charge is -2.05. The predicted octanol–water partition coefficient (Wildman–Crippen LogP) is 6.25. The lowest BCUT2D eigenvalue weighted by molar-refractivity contribution is 0.103. The Labute approximate surface area is 139 Å². The van der Waals surface area contributed by atoms with Gasteiger partial charge in [-0.15, -0.1) is 0 Å². The minimum Gasteiger partial charge on any atom is -0.289 e. The van der Waals surface area contributed by atoms with Crippen molar-refractivity contribution in [2.24, 2.45) is 0 Å². The normalized spacial score (nSPS) is 10.4. The summed E-state index contributed by atoms with van der Waals surface area (Å²) in [5.41, 5.74) is 3.28. The highest BCUT2D eigenvalue weighted by Crippen LogP contribution is 2.21. The van der Waals surface area contributed by atoms with E-state index < -0.39 is 0 Å². The van der Waals surface area contributed by atoms with Crippen molar-refractivity contribution in [1.82, 2.24) is 0 Å². The zero-order chi connectivity index (χ0) is 17.1. The molecule has 0 amide bonds. The van der Waals surface area contributed by atoms with Gasteiger partial charge in [0.1, 0.15) is 0 Å². The molecular weight excluding hydrogens is 280 g/mol. The second-order valence-electron chi connectivity index (χ2n) is 4.69. The molecule has 0 aliphatic rings. The molecule has 0 saturated carbocycles. The Balaban J connectivity index is 0.00000127. The molecule has 0 aliphatic heterocycles. The third kappa shape index (κ3) is 5.55. The highest BCUT2D eigenvalue weighted by Gasteiger charge is 2.08. The fourth-order valence-corrected chi connectivity index (χ4v) is 2.01. The maximum Gasteiger partial charge on any atom is 0.192 e. The van der Waals surface area contributed by atoms with Crippen LogP contribution in [0.3, 0.4) is 0 Å². The van der Waals surface area contributed by atoms with E-state index in [1.807, 2.05) is 93.6 Å². The zero-order valence-electron chi connectivity index (χ0n) is 14.1. The monoisotopic (exact) mass is 304 g/mol. The smallest absolute Gasteiger partial charge is 0.192 e. The second kappa shape index (κ2) is 10.1. The van der Waals surface area contributed by atoms with E-state index >= 15 is 0 Å². The number of hydrogen-bond donors (Lipinski definition) is 0. The third-order valence-corrected chi connectivity index (χ3v) is 3.12. The summed E-state index contributed by atoms with van der Waals surface area (Å²) in [4.78, 5) is 12.3. The van der Waals surface area contributed by atoms with Crippen LogP contribution in [-0.2, 0) is 0 Å². The summed E-state index contributed by atoms with van der Waals surface area (Å²) in [5, 5.41) is 0. The molecule has 1 nitrogen and oxygen atoms in total. The van der Waals surface area contributed by atoms with Crippen LogP contribution in [0.5, 0.6) is 0 Å². The van der Waals surface area contributed by atoms with Crippen molar-refractivity contribution in [3.05, 3.63) is 96.6 Å². The Morgan fingerprint density at radius 3 is 2.22 bits per heavy atom. The summed E-state index contributed by atoms with van der Waals surface area (Å²) >= 11 is 0. The first-order chi connectivity index (χ1) is 11.2. The number of allylic oxidation sites excluding steroid dienone is 5. The van der Waals surface area contributed by atoms with E-state index in [2.05, 4.69) is 6.58 Å². The quantitative estimate of drug-likeness (QED) is 0.362. The Morgan fingerprint density at radius 1 is 0.913 bits per heavy atom. The van der Waals surface area contributed by atoms with Gasteiger partial charge in [0, 0.05) is 11.1 Å². The second-order valence-corrected chi connectivity index (χ2v) is 4.69. The summed E-state index contributed by atoms with van der Waals surface area (Å²) in [6, 6.07) is 17.7. The largest absolute Gasteiger partial charge is 0.289 e. The summed E-state index contributed by atoms with van der Waals surface area (Å²) in [7, 11) is 0. The van der Waals surface area contributed by atoms with Gasteiger partial charge in [-0.25, -0.2) is 0 Å². The van der Waals surface area contributed by atoms with E-state index in [1.54, 1.807) is 6.08 Å². The first kappa shape index (κ1) is 18.4. The maximum atomic E-state index is 12.3. The molecule has 23 heavy (non-hydrogen) atoms. The molecule has 0 saturated heterocycles. The van der Waals surface area contributed by atoms with Crippen LogP contribution < -0.4 is 0 Å². The number of benzene rings is 2. The van der Waals surface area contributed by atoms with Crippen LogP contribution in [0.4, 0.5) is 0 Å². The van der Waals surface area contributed by atoms with Gasteiger partial charge in [0.15, 0.2) is 5.78 Å². The van der Waals surface area contributed by atoms with E-state index in [9.17, 15) is 4.79 Å². The third-order valence-electron chi connectivity index (χ3n) is 3.12. The minimum atomic E-state index is -0.0477. The van der Waals surface area contributed by atoms with Gasteiger partial charge in [0.25, 0.3) is 0 Å². The molecule has 2 aromatic rings. The number of carbonyl (C=O) groups excluding carboxylic acids is 1. The SMILES string of the molecule is C=C(/C=C\C=C/C)C(=O)c1cccc(-c2ccccc2)c1.CC. The van der Waals surface area contributed by atoms with Crippen molar-refractivity contribution in [1.29, 1.82) is 0 Å². The number of ketones is 1. The summed E-state index contributed by atoms with van der Waals surface area (Å²) in [6.07, 6.45) is 7.34. The van der Waals surface area contributed by atoms with Crippen LogP contribution in [0.1, 0.15) is 31.1 Å². The Morgan fingerprint density at radius 2 is 1.57 bits per heavy atom. The molecule has 0 fully saturated rings. The molecule has 1 heteroatoms. The van der Waals surface area contributed by atoms with Gasteiger partial charge in [-0.3, -0.25) is 4.79 Å². The predicted molar refractivity (Wildman–Crippen MR) is 101 cm³/mol. The van der Waals surface area contributed by atoms with Gasteiger partial charge < -0.3 is 0 Å². The van der Waals surface area contributed by atoms with Crippen LogP contribution >= 0.6 is 0 Å². The van der Waals surface area contributed by atoms with Gasteiger partial charge >= 0.3 is 0 Å². The van der Waals surface area contributed by atoms with Gasteiger partial charge in [0.2, 0.25) is 0 Å². The number of hydrogen-bond acceptors (Lipinski definition) is 1. The van der Waals surface area contributed by atoms with Gasteiger partial charge in [-0.1, -0.05) is 93.3 Å². The fourth-order valence-electron chi connectivity index (χ4n) is 2.01. The summed E-state index contributed by atoms with van der Waals surface area (Å²) in [6.45, 7) is 9.76. The minimum absolute atomic E-state index is 0.0477. The molecule has 2 aromatic carbocycles. The lowest BCUT2D eigenvalue weighted by Crippen LogP contribution is -2.00. The van der Waals surface area contributed by atoms with E-state index in [4.69, 9.17) is 0 Å². The molecular formula is C22H24O. The standard InChI is InChI=1S/C20H18O.C2H6/c1-3-4-6-10-16(2)20(21)19-14-9-13-18(15-19)17-11-7-5-8-12-17;1-2/h3-15H,2H2,1H3;1-2H3/b4-3-,10-6-;. The topological polar surface area (TPSA) is 17.1 Å². The highest BCUT2D eigenvalue weighted by molar-refractivity contribution is 6.10. The average molecular weight is 304 g/mol. The van der Waals surface area contributed by atoms with Crippen molar-refractivity contribution in [2.75, 3.05) is 0 Å². The molecule has 0 aromatic heterocycles. The van der Waals surface area contributed by atoms with Gasteiger partial charge in [-0.05, 0) is 24.1 Å². The first-order valence-electron chi connectivity index (χ1n) is 7.91. The molecule has 0 spiro atoms. The van der Waals surface area contributed by atoms with Crippen LogP contribution in [0.2, 0.25) is 0 Å². The Bertz CT molecular complexity index is 691. The van der Waals surface area contributed by atoms with Gasteiger partial charge in [-0.2, -0.15) is 0 Å². The molecule has 0 atom stereocenters. The summed E-state index contributed by atoms with van der Waals surface area (Å²) < 4.78 is 0. The van der Waals surface area contributed by atoms with Crippen molar-refractivity contribution < 1.29 is 4.79 Å². The molecule has 0 bridgehead atoms. The lowest BCUT2D eigenvalue weighted by atomic mass is 9.98. The van der Waals surface area contributed by atoms with Crippen molar-refractivity contribution in [3.63, 3.8) is 0 Å². The van der Waals surface area contributed by atoms with Crippen molar-refractivity contribution >= 4 is 5.78 Å². The average Bonchev–Trinajstić information content (AvgIpc) is 2.63.